The first-order chi connectivity index (χ1) is 12.7. The van der Waals surface area contributed by atoms with Crippen LogP contribution >= 0.6 is 0 Å². The Morgan fingerprint density at radius 2 is 1.41 bits per heavy atom. The average Bonchev–Trinajstić information content (AvgIpc) is 2.63. The molecule has 0 unspecified atom stereocenters. The van der Waals surface area contributed by atoms with Crippen molar-refractivity contribution in [1.82, 2.24) is 0 Å². The molecule has 5 heteroatoms. The van der Waals surface area contributed by atoms with E-state index in [-0.39, 0.29) is 27.7 Å². The predicted molar refractivity (Wildman–Crippen MR) is 110 cm³/mol. The van der Waals surface area contributed by atoms with Crippen LogP contribution < -0.4 is 5.46 Å². The van der Waals surface area contributed by atoms with E-state index in [2.05, 4.69) is 13.2 Å². The minimum Gasteiger partial charge on any atom is -0.423 e. The van der Waals surface area contributed by atoms with E-state index in [9.17, 15) is 19.6 Å². The molecule has 0 aromatic heterocycles. The molecule has 0 saturated carbocycles. The fraction of sp³-hybridized carbons (Fsp3) is 0.0909. The van der Waals surface area contributed by atoms with Crippen LogP contribution in [0.4, 0.5) is 0 Å². The van der Waals surface area contributed by atoms with Crippen LogP contribution in [0.2, 0.25) is 0 Å². The summed E-state index contributed by atoms with van der Waals surface area (Å²) in [7, 11) is -1.93. The zero-order chi connectivity index (χ0) is 19.9. The van der Waals surface area contributed by atoms with E-state index in [1.807, 2.05) is 30.3 Å². The van der Waals surface area contributed by atoms with Gasteiger partial charge in [0.2, 0.25) is 0 Å². The van der Waals surface area contributed by atoms with Crippen molar-refractivity contribution in [3.05, 3.63) is 77.9 Å². The summed E-state index contributed by atoms with van der Waals surface area (Å²) in [5, 5.41) is 23.2. The number of Topliss-reactive ketones (excluding diaryl/α,β-unsaturated/α-hetero) is 2. The summed E-state index contributed by atoms with van der Waals surface area (Å²) in [5.41, 5.74) is 0.530. The van der Waals surface area contributed by atoms with Gasteiger partial charge in [-0.25, -0.2) is 0 Å². The minimum absolute atomic E-state index is 0.0100. The van der Waals surface area contributed by atoms with Gasteiger partial charge in [0.1, 0.15) is 0 Å². The third-order valence-electron chi connectivity index (χ3n) is 4.55. The summed E-state index contributed by atoms with van der Waals surface area (Å²) in [6, 6.07) is 12.9. The fourth-order valence-electron chi connectivity index (χ4n) is 3.25. The van der Waals surface area contributed by atoms with Crippen LogP contribution in [-0.2, 0) is 0 Å². The maximum Gasteiger partial charge on any atom is 0.489 e. The number of carbonyl (C=O) groups excluding carboxylic acids is 2. The molecule has 0 spiro atoms. The number of rotatable bonds is 5. The summed E-state index contributed by atoms with van der Waals surface area (Å²) in [6.07, 6.45) is 0. The van der Waals surface area contributed by atoms with Gasteiger partial charge in [-0.3, -0.25) is 9.59 Å². The third-order valence-corrected chi connectivity index (χ3v) is 4.55. The van der Waals surface area contributed by atoms with E-state index in [0.29, 0.717) is 10.8 Å². The van der Waals surface area contributed by atoms with Gasteiger partial charge in [-0.05, 0) is 64.7 Å². The Kier molecular flexibility index (Phi) is 4.83. The monoisotopic (exact) mass is 358 g/mol. The molecule has 4 nitrogen and oxygen atoms in total. The molecule has 0 saturated heterocycles. The summed E-state index contributed by atoms with van der Waals surface area (Å²) in [5.74, 6) is -0.922. The molecular formula is C22H19BO4. The summed E-state index contributed by atoms with van der Waals surface area (Å²) >= 11 is 0. The zero-order valence-corrected chi connectivity index (χ0v) is 15.2. The lowest BCUT2D eigenvalue weighted by Crippen LogP contribution is -2.37. The van der Waals surface area contributed by atoms with E-state index in [0.717, 1.165) is 10.8 Å². The SMILES string of the molecule is C=C(C)C(=O)c1cc2cc3ccccc3cc2c(B(O)O)c1C(=O)C(=C)C. The Labute approximate surface area is 157 Å². The number of fused-ring (bicyclic) bond motifs is 2. The molecule has 0 bridgehead atoms. The van der Waals surface area contributed by atoms with Crippen molar-refractivity contribution in [2.24, 2.45) is 0 Å². The van der Waals surface area contributed by atoms with Gasteiger partial charge in [0, 0.05) is 16.6 Å². The predicted octanol–water partition coefficient (Wildman–Crippen LogP) is 3.19. The summed E-state index contributed by atoms with van der Waals surface area (Å²) < 4.78 is 0. The fourth-order valence-corrected chi connectivity index (χ4v) is 3.25. The lowest BCUT2D eigenvalue weighted by molar-refractivity contribution is 0.1000. The second-order valence-electron chi connectivity index (χ2n) is 6.73. The van der Waals surface area contributed by atoms with Crippen molar-refractivity contribution < 1.29 is 19.6 Å². The molecular weight excluding hydrogens is 339 g/mol. The number of hydrogen-bond donors (Lipinski definition) is 2. The Morgan fingerprint density at radius 1 is 0.852 bits per heavy atom. The van der Waals surface area contributed by atoms with E-state index in [4.69, 9.17) is 0 Å². The van der Waals surface area contributed by atoms with Crippen LogP contribution in [0.3, 0.4) is 0 Å². The molecule has 0 atom stereocenters. The van der Waals surface area contributed by atoms with Crippen LogP contribution in [0.5, 0.6) is 0 Å². The van der Waals surface area contributed by atoms with E-state index in [1.54, 1.807) is 19.1 Å². The highest BCUT2D eigenvalue weighted by molar-refractivity contribution is 6.64. The van der Waals surface area contributed by atoms with Gasteiger partial charge >= 0.3 is 7.12 Å². The molecule has 0 heterocycles. The average molecular weight is 358 g/mol. The molecule has 27 heavy (non-hydrogen) atoms. The smallest absolute Gasteiger partial charge is 0.423 e. The number of allylic oxidation sites excluding steroid dienone is 2. The van der Waals surface area contributed by atoms with Crippen LogP contribution in [0.1, 0.15) is 34.6 Å². The Bertz CT molecular complexity index is 1140. The first kappa shape index (κ1) is 18.8. The van der Waals surface area contributed by atoms with Crippen molar-refractivity contribution in [2.45, 2.75) is 13.8 Å². The molecule has 0 fully saturated rings. The molecule has 0 aliphatic carbocycles. The van der Waals surface area contributed by atoms with Crippen LogP contribution in [-0.4, -0.2) is 28.7 Å². The van der Waals surface area contributed by atoms with Crippen molar-refractivity contribution in [3.8, 4) is 0 Å². The van der Waals surface area contributed by atoms with E-state index in [1.165, 1.54) is 6.92 Å². The van der Waals surface area contributed by atoms with Crippen LogP contribution in [0.15, 0.2) is 66.8 Å². The standard InChI is InChI=1S/C22H19BO4/c1-12(2)21(24)18-11-16-9-14-7-5-6-8-15(14)10-17(16)20(23(26)27)19(18)22(25)13(3)4/h5-11,26-27H,1,3H2,2,4H3. The number of benzene rings is 3. The molecule has 134 valence electrons. The second-order valence-corrected chi connectivity index (χ2v) is 6.73. The normalized spacial score (nSPS) is 10.8. The maximum absolute atomic E-state index is 12.8. The number of carbonyl (C=O) groups is 2. The van der Waals surface area contributed by atoms with Gasteiger partial charge in [0.25, 0.3) is 0 Å². The van der Waals surface area contributed by atoms with E-state index >= 15 is 0 Å². The largest absolute Gasteiger partial charge is 0.489 e. The molecule has 3 aromatic rings. The van der Waals surface area contributed by atoms with Crippen LogP contribution in [0.25, 0.3) is 21.5 Å². The summed E-state index contributed by atoms with van der Waals surface area (Å²) in [4.78, 5) is 25.6. The molecule has 3 rings (SSSR count). The van der Waals surface area contributed by atoms with E-state index < -0.39 is 18.7 Å². The second kappa shape index (κ2) is 6.95. The van der Waals surface area contributed by atoms with Crippen molar-refractivity contribution in [3.63, 3.8) is 0 Å². The quantitative estimate of drug-likeness (QED) is 0.318. The van der Waals surface area contributed by atoms with Crippen molar-refractivity contribution >= 4 is 45.7 Å². The molecule has 0 aliphatic heterocycles. The van der Waals surface area contributed by atoms with Gasteiger partial charge in [0.15, 0.2) is 11.6 Å². The van der Waals surface area contributed by atoms with Crippen molar-refractivity contribution in [2.75, 3.05) is 0 Å². The third kappa shape index (κ3) is 3.23. The summed E-state index contributed by atoms with van der Waals surface area (Å²) in [6.45, 7) is 10.4. The van der Waals surface area contributed by atoms with Crippen LogP contribution in [0, 0.1) is 0 Å². The Hall–Kier alpha value is -3.02. The molecule has 2 N–H and O–H groups in total. The van der Waals surface area contributed by atoms with Gasteiger partial charge in [0.05, 0.1) is 0 Å². The van der Waals surface area contributed by atoms with Gasteiger partial charge in [-0.2, -0.15) is 0 Å². The lowest BCUT2D eigenvalue weighted by atomic mass is 9.70. The molecule has 3 aromatic carbocycles. The van der Waals surface area contributed by atoms with Crippen molar-refractivity contribution in [1.29, 1.82) is 0 Å². The zero-order valence-electron chi connectivity index (χ0n) is 15.2. The molecule has 0 aliphatic rings. The maximum atomic E-state index is 12.8. The molecule has 0 radical (unpaired) electrons. The first-order valence-corrected chi connectivity index (χ1v) is 8.48. The highest BCUT2D eigenvalue weighted by Crippen LogP contribution is 2.27. The Balaban J connectivity index is 2.55. The first-order valence-electron chi connectivity index (χ1n) is 8.48. The topological polar surface area (TPSA) is 74.6 Å². The van der Waals surface area contributed by atoms with Gasteiger partial charge in [-0.1, -0.05) is 37.4 Å². The number of ketones is 2. The Morgan fingerprint density at radius 3 is 1.93 bits per heavy atom. The van der Waals surface area contributed by atoms with Gasteiger partial charge in [-0.15, -0.1) is 0 Å². The minimum atomic E-state index is -1.93. The number of hydrogen-bond acceptors (Lipinski definition) is 4. The highest BCUT2D eigenvalue weighted by atomic mass is 16.4. The van der Waals surface area contributed by atoms with Gasteiger partial charge < -0.3 is 10.0 Å². The highest BCUT2D eigenvalue weighted by Gasteiger charge is 2.29. The molecule has 0 amide bonds. The lowest BCUT2D eigenvalue weighted by Gasteiger charge is -2.17.